The molecule has 2 atom stereocenters. The fourth-order valence-corrected chi connectivity index (χ4v) is 1.89. The Hall–Kier alpha value is -1.55. The SMILES string of the molecule is CC[C@@H]1OC(=O)N[C@H]1COCc1ccccc1. The van der Waals surface area contributed by atoms with Gasteiger partial charge in [0.1, 0.15) is 6.10 Å². The van der Waals surface area contributed by atoms with Gasteiger partial charge in [0.05, 0.1) is 19.3 Å². The predicted molar refractivity (Wildman–Crippen MR) is 63.6 cm³/mol. The molecule has 4 heteroatoms. The van der Waals surface area contributed by atoms with E-state index < -0.39 is 0 Å². The van der Waals surface area contributed by atoms with E-state index in [2.05, 4.69) is 5.32 Å². The molecule has 0 spiro atoms. The van der Waals surface area contributed by atoms with Crippen molar-refractivity contribution in [3.63, 3.8) is 0 Å². The summed E-state index contributed by atoms with van der Waals surface area (Å²) in [4.78, 5) is 11.1. The Kier molecular flexibility index (Phi) is 3.98. The first kappa shape index (κ1) is 11.9. The Morgan fingerprint density at radius 3 is 2.82 bits per heavy atom. The quantitative estimate of drug-likeness (QED) is 0.850. The minimum Gasteiger partial charge on any atom is -0.444 e. The Morgan fingerprint density at radius 2 is 2.12 bits per heavy atom. The van der Waals surface area contributed by atoms with E-state index in [1.165, 1.54) is 0 Å². The van der Waals surface area contributed by atoms with Crippen LogP contribution in [0.1, 0.15) is 18.9 Å². The van der Waals surface area contributed by atoms with Crippen LogP contribution in [0.4, 0.5) is 4.79 Å². The lowest BCUT2D eigenvalue weighted by atomic mass is 10.1. The van der Waals surface area contributed by atoms with Crippen molar-refractivity contribution < 1.29 is 14.3 Å². The van der Waals surface area contributed by atoms with Crippen molar-refractivity contribution in [1.29, 1.82) is 0 Å². The highest BCUT2D eigenvalue weighted by molar-refractivity contribution is 5.70. The molecule has 17 heavy (non-hydrogen) atoms. The summed E-state index contributed by atoms with van der Waals surface area (Å²) in [6, 6.07) is 9.93. The van der Waals surface area contributed by atoms with Crippen LogP contribution in [0.25, 0.3) is 0 Å². The van der Waals surface area contributed by atoms with Crippen LogP contribution in [0.5, 0.6) is 0 Å². The molecule has 0 aromatic heterocycles. The van der Waals surface area contributed by atoms with Crippen LogP contribution < -0.4 is 5.32 Å². The third-order valence-corrected chi connectivity index (χ3v) is 2.82. The lowest BCUT2D eigenvalue weighted by molar-refractivity contribution is 0.0705. The largest absolute Gasteiger partial charge is 0.444 e. The van der Waals surface area contributed by atoms with Gasteiger partial charge in [-0.1, -0.05) is 37.3 Å². The number of ether oxygens (including phenoxy) is 2. The molecular formula is C13H17NO3. The highest BCUT2D eigenvalue weighted by Gasteiger charge is 2.32. The molecule has 1 aliphatic rings. The lowest BCUT2D eigenvalue weighted by Gasteiger charge is -2.15. The van der Waals surface area contributed by atoms with Gasteiger partial charge in [-0.05, 0) is 12.0 Å². The number of amides is 1. The number of benzene rings is 1. The highest BCUT2D eigenvalue weighted by atomic mass is 16.6. The van der Waals surface area contributed by atoms with E-state index in [0.717, 1.165) is 12.0 Å². The zero-order valence-corrected chi connectivity index (χ0v) is 9.89. The summed E-state index contributed by atoms with van der Waals surface area (Å²) in [5.41, 5.74) is 1.13. The van der Waals surface area contributed by atoms with Crippen molar-refractivity contribution in [2.45, 2.75) is 32.1 Å². The van der Waals surface area contributed by atoms with Crippen molar-refractivity contribution in [2.75, 3.05) is 6.61 Å². The van der Waals surface area contributed by atoms with Gasteiger partial charge in [-0.25, -0.2) is 4.79 Å². The molecule has 2 rings (SSSR count). The molecule has 1 saturated heterocycles. The van der Waals surface area contributed by atoms with Crippen LogP contribution >= 0.6 is 0 Å². The van der Waals surface area contributed by atoms with E-state index in [9.17, 15) is 4.79 Å². The molecule has 1 heterocycles. The summed E-state index contributed by atoms with van der Waals surface area (Å²) >= 11 is 0. The van der Waals surface area contributed by atoms with Gasteiger partial charge in [0.2, 0.25) is 0 Å². The Labute approximate surface area is 101 Å². The van der Waals surface area contributed by atoms with Crippen LogP contribution in [0.3, 0.4) is 0 Å². The summed E-state index contributed by atoms with van der Waals surface area (Å²) in [6.07, 6.45) is 0.390. The molecule has 0 bridgehead atoms. The maximum Gasteiger partial charge on any atom is 0.407 e. The Bertz CT molecular complexity index is 366. The molecule has 1 aliphatic heterocycles. The van der Waals surface area contributed by atoms with Crippen LogP contribution in [0.15, 0.2) is 30.3 Å². The van der Waals surface area contributed by atoms with Gasteiger partial charge in [0.25, 0.3) is 0 Å². The number of rotatable bonds is 5. The topological polar surface area (TPSA) is 47.6 Å². The van der Waals surface area contributed by atoms with Crippen LogP contribution in [0, 0.1) is 0 Å². The van der Waals surface area contributed by atoms with Crippen molar-refractivity contribution in [1.82, 2.24) is 5.32 Å². The maximum absolute atomic E-state index is 11.1. The van der Waals surface area contributed by atoms with Gasteiger partial charge in [0, 0.05) is 0 Å². The number of hydrogen-bond acceptors (Lipinski definition) is 3. The molecule has 1 N–H and O–H groups in total. The van der Waals surface area contributed by atoms with E-state index in [0.29, 0.717) is 13.2 Å². The number of carbonyl (C=O) groups excluding carboxylic acids is 1. The molecule has 1 fully saturated rings. The molecule has 1 aromatic carbocycles. The van der Waals surface area contributed by atoms with E-state index >= 15 is 0 Å². The van der Waals surface area contributed by atoms with Crippen molar-refractivity contribution in [3.05, 3.63) is 35.9 Å². The molecule has 0 aliphatic carbocycles. The fraction of sp³-hybridized carbons (Fsp3) is 0.462. The number of cyclic esters (lactones) is 1. The second-order valence-corrected chi connectivity index (χ2v) is 4.10. The number of alkyl carbamates (subject to hydrolysis) is 1. The van der Waals surface area contributed by atoms with Crippen LogP contribution in [0.2, 0.25) is 0 Å². The van der Waals surface area contributed by atoms with Crippen molar-refractivity contribution in [3.8, 4) is 0 Å². The van der Waals surface area contributed by atoms with Gasteiger partial charge in [-0.2, -0.15) is 0 Å². The lowest BCUT2D eigenvalue weighted by Crippen LogP contribution is -2.35. The third kappa shape index (κ3) is 3.20. The second-order valence-electron chi connectivity index (χ2n) is 4.10. The van der Waals surface area contributed by atoms with E-state index in [-0.39, 0.29) is 18.2 Å². The first-order valence-electron chi connectivity index (χ1n) is 5.88. The number of carbonyl (C=O) groups is 1. The summed E-state index contributed by atoms with van der Waals surface area (Å²) in [5, 5.41) is 2.75. The fourth-order valence-electron chi connectivity index (χ4n) is 1.89. The molecule has 0 saturated carbocycles. The van der Waals surface area contributed by atoms with Crippen LogP contribution in [-0.4, -0.2) is 24.8 Å². The second kappa shape index (κ2) is 5.68. The van der Waals surface area contributed by atoms with Gasteiger partial charge in [-0.3, -0.25) is 0 Å². The molecule has 4 nitrogen and oxygen atoms in total. The zero-order valence-electron chi connectivity index (χ0n) is 9.89. The Balaban J connectivity index is 1.77. The molecular weight excluding hydrogens is 218 g/mol. The first-order chi connectivity index (χ1) is 8.29. The number of hydrogen-bond donors (Lipinski definition) is 1. The van der Waals surface area contributed by atoms with Gasteiger partial charge < -0.3 is 14.8 Å². The van der Waals surface area contributed by atoms with Crippen molar-refractivity contribution in [2.24, 2.45) is 0 Å². The summed E-state index contributed by atoms with van der Waals surface area (Å²) < 4.78 is 10.7. The van der Waals surface area contributed by atoms with E-state index in [1.807, 2.05) is 37.3 Å². The minimum absolute atomic E-state index is 0.0313. The molecule has 0 radical (unpaired) electrons. The van der Waals surface area contributed by atoms with Gasteiger partial charge in [0.15, 0.2) is 0 Å². The summed E-state index contributed by atoms with van der Waals surface area (Å²) in [5.74, 6) is 0. The zero-order chi connectivity index (χ0) is 12.1. The summed E-state index contributed by atoms with van der Waals surface area (Å²) in [7, 11) is 0. The predicted octanol–water partition coefficient (Wildman–Crippen LogP) is 2.09. The molecule has 1 aromatic rings. The minimum atomic E-state index is -0.342. The number of nitrogens with one attached hydrogen (secondary N) is 1. The maximum atomic E-state index is 11.1. The smallest absolute Gasteiger partial charge is 0.407 e. The van der Waals surface area contributed by atoms with Crippen molar-refractivity contribution >= 4 is 6.09 Å². The molecule has 92 valence electrons. The molecule has 1 amide bonds. The monoisotopic (exact) mass is 235 g/mol. The summed E-state index contributed by atoms with van der Waals surface area (Å²) in [6.45, 7) is 3.04. The Morgan fingerprint density at radius 1 is 1.35 bits per heavy atom. The first-order valence-corrected chi connectivity index (χ1v) is 5.88. The molecule has 0 unspecified atom stereocenters. The van der Waals surface area contributed by atoms with E-state index in [4.69, 9.17) is 9.47 Å². The van der Waals surface area contributed by atoms with E-state index in [1.54, 1.807) is 0 Å². The van der Waals surface area contributed by atoms with Gasteiger partial charge >= 0.3 is 6.09 Å². The average molecular weight is 235 g/mol. The highest BCUT2D eigenvalue weighted by Crippen LogP contribution is 2.13. The third-order valence-electron chi connectivity index (χ3n) is 2.82. The normalized spacial score (nSPS) is 23.2. The van der Waals surface area contributed by atoms with Gasteiger partial charge in [-0.15, -0.1) is 0 Å². The standard InChI is InChI=1S/C13H17NO3/c1-2-12-11(14-13(15)17-12)9-16-8-10-6-4-3-5-7-10/h3-7,11-12H,2,8-9H2,1H3,(H,14,15)/t11-,12-/m0/s1. The van der Waals surface area contributed by atoms with Crippen LogP contribution in [-0.2, 0) is 16.1 Å². The average Bonchev–Trinajstić information content (AvgIpc) is 2.71.